The lowest BCUT2D eigenvalue weighted by molar-refractivity contribution is -0.140. The van der Waals surface area contributed by atoms with Crippen LogP contribution >= 0.6 is 12.4 Å². The molecule has 184 valence electrons. The lowest BCUT2D eigenvalue weighted by Gasteiger charge is -2.38. The first-order valence-corrected chi connectivity index (χ1v) is 13.0. The number of hydrogen-bond acceptors (Lipinski definition) is 4. The van der Waals surface area contributed by atoms with Gasteiger partial charge in [0.2, 0.25) is 5.91 Å². The van der Waals surface area contributed by atoms with Crippen molar-refractivity contribution >= 4 is 18.3 Å². The molecule has 0 aromatic heterocycles. The summed E-state index contributed by atoms with van der Waals surface area (Å²) in [6.07, 6.45) is 9.07. The van der Waals surface area contributed by atoms with Crippen LogP contribution in [0.15, 0.2) is 18.2 Å². The number of halogens is 1. The summed E-state index contributed by atoms with van der Waals surface area (Å²) in [7, 11) is 0. The van der Waals surface area contributed by atoms with Crippen LogP contribution in [-0.2, 0) is 22.4 Å². The number of amides is 1. The van der Waals surface area contributed by atoms with Gasteiger partial charge in [0.05, 0.1) is 6.61 Å². The van der Waals surface area contributed by atoms with Gasteiger partial charge in [0.15, 0.2) is 0 Å². The molecular formula is C27H41ClN2O3. The van der Waals surface area contributed by atoms with Crippen molar-refractivity contribution in [2.24, 2.45) is 17.8 Å². The van der Waals surface area contributed by atoms with E-state index in [-0.39, 0.29) is 18.3 Å². The Kier molecular flexibility index (Phi) is 8.59. The highest BCUT2D eigenvalue weighted by molar-refractivity contribution is 5.85. The average molecular weight is 477 g/mol. The van der Waals surface area contributed by atoms with E-state index in [4.69, 9.17) is 9.47 Å². The van der Waals surface area contributed by atoms with Gasteiger partial charge in [0.1, 0.15) is 5.75 Å². The van der Waals surface area contributed by atoms with Gasteiger partial charge in [-0.15, -0.1) is 12.4 Å². The molecule has 4 aliphatic rings. The van der Waals surface area contributed by atoms with Crippen LogP contribution < -0.4 is 4.74 Å². The van der Waals surface area contributed by atoms with Crippen LogP contribution in [0.5, 0.6) is 5.75 Å². The van der Waals surface area contributed by atoms with Gasteiger partial charge in [0, 0.05) is 57.8 Å². The molecule has 0 bridgehead atoms. The van der Waals surface area contributed by atoms with Crippen LogP contribution in [0.2, 0.25) is 0 Å². The maximum atomic E-state index is 12.9. The number of nitrogens with zero attached hydrogens (tertiary/aromatic N) is 2. The number of fused-ring (bicyclic) bond motifs is 1. The summed E-state index contributed by atoms with van der Waals surface area (Å²) in [6.45, 7) is 9.06. The zero-order valence-electron chi connectivity index (χ0n) is 20.2. The van der Waals surface area contributed by atoms with E-state index in [9.17, 15) is 4.79 Å². The average Bonchev–Trinajstić information content (AvgIpc) is 3.53. The number of ether oxygens (including phenoxy) is 2. The number of hydrogen-bond donors (Lipinski definition) is 0. The minimum absolute atomic E-state index is 0. The van der Waals surface area contributed by atoms with Gasteiger partial charge >= 0.3 is 0 Å². The molecule has 0 spiro atoms. The Labute approximate surface area is 205 Å². The Hall–Kier alpha value is -1.30. The summed E-state index contributed by atoms with van der Waals surface area (Å²) in [5, 5.41) is 0. The predicted molar refractivity (Wildman–Crippen MR) is 133 cm³/mol. The topological polar surface area (TPSA) is 42.0 Å². The van der Waals surface area contributed by atoms with Crippen molar-refractivity contribution in [3.05, 3.63) is 29.3 Å². The summed E-state index contributed by atoms with van der Waals surface area (Å²) >= 11 is 0. The van der Waals surface area contributed by atoms with Crippen molar-refractivity contribution in [3.8, 4) is 5.75 Å². The summed E-state index contributed by atoms with van der Waals surface area (Å²) in [4.78, 5) is 17.8. The highest BCUT2D eigenvalue weighted by Gasteiger charge is 2.32. The third-order valence-corrected chi connectivity index (χ3v) is 8.09. The molecule has 5 rings (SSSR count). The van der Waals surface area contributed by atoms with Gasteiger partial charge < -0.3 is 14.4 Å². The minimum Gasteiger partial charge on any atom is -0.493 e. The van der Waals surface area contributed by atoms with E-state index in [2.05, 4.69) is 34.9 Å². The van der Waals surface area contributed by atoms with E-state index < -0.39 is 0 Å². The van der Waals surface area contributed by atoms with Crippen LogP contribution in [0, 0.1) is 17.8 Å². The highest BCUT2D eigenvalue weighted by Crippen LogP contribution is 2.33. The normalized spacial score (nSPS) is 22.5. The second-order valence-electron chi connectivity index (χ2n) is 10.6. The van der Waals surface area contributed by atoms with Gasteiger partial charge in [-0.25, -0.2) is 0 Å². The summed E-state index contributed by atoms with van der Waals surface area (Å²) < 4.78 is 11.1. The highest BCUT2D eigenvalue weighted by atomic mass is 35.5. The predicted octanol–water partition coefficient (Wildman–Crippen LogP) is 4.35. The smallest absolute Gasteiger partial charge is 0.225 e. The number of carbonyl (C=O) groups excluding carboxylic acids is 1. The molecule has 0 radical (unpaired) electrons. The van der Waals surface area contributed by atoms with Crippen LogP contribution in [-0.4, -0.2) is 67.7 Å². The van der Waals surface area contributed by atoms with Crippen LogP contribution in [0.1, 0.15) is 56.6 Å². The second kappa shape index (κ2) is 11.4. The monoisotopic (exact) mass is 476 g/mol. The third-order valence-electron chi connectivity index (χ3n) is 8.09. The molecule has 6 heteroatoms. The first-order valence-electron chi connectivity index (χ1n) is 13.0. The molecule has 1 aromatic rings. The van der Waals surface area contributed by atoms with Crippen molar-refractivity contribution in [2.45, 2.75) is 64.3 Å². The van der Waals surface area contributed by atoms with E-state index in [1.165, 1.54) is 37.1 Å². The van der Waals surface area contributed by atoms with Crippen molar-refractivity contribution in [1.29, 1.82) is 0 Å². The fourth-order valence-corrected chi connectivity index (χ4v) is 5.77. The van der Waals surface area contributed by atoms with Crippen molar-refractivity contribution in [3.63, 3.8) is 0 Å². The van der Waals surface area contributed by atoms with Gasteiger partial charge in [0.25, 0.3) is 0 Å². The van der Waals surface area contributed by atoms with Crippen LogP contribution in [0.25, 0.3) is 0 Å². The minimum atomic E-state index is 0. The van der Waals surface area contributed by atoms with Crippen molar-refractivity contribution < 1.29 is 14.3 Å². The molecule has 1 saturated carbocycles. The Bertz CT molecular complexity index is 786. The van der Waals surface area contributed by atoms with E-state index in [1.54, 1.807) is 0 Å². The van der Waals surface area contributed by atoms with Crippen molar-refractivity contribution in [2.75, 3.05) is 46.0 Å². The molecule has 2 saturated heterocycles. The number of benzene rings is 1. The molecule has 1 atom stereocenters. The molecule has 33 heavy (non-hydrogen) atoms. The number of likely N-dealkylation sites (tertiary alicyclic amines) is 1. The summed E-state index contributed by atoms with van der Waals surface area (Å²) in [5.74, 6) is 3.28. The maximum Gasteiger partial charge on any atom is 0.225 e. The molecule has 3 aliphatic heterocycles. The number of rotatable bonds is 8. The summed E-state index contributed by atoms with van der Waals surface area (Å²) in [6, 6.07) is 7.35. The quantitative estimate of drug-likeness (QED) is 0.559. The van der Waals surface area contributed by atoms with Gasteiger partial charge in [-0.2, -0.15) is 0 Å². The molecule has 1 aromatic carbocycles. The van der Waals surface area contributed by atoms with Gasteiger partial charge in [-0.05, 0) is 80.9 Å². The Balaban J connectivity index is 0.00000259. The van der Waals surface area contributed by atoms with E-state index >= 15 is 0 Å². The van der Waals surface area contributed by atoms with E-state index in [1.807, 2.05) is 0 Å². The molecule has 3 fully saturated rings. The zero-order chi connectivity index (χ0) is 21.9. The molecule has 1 aliphatic carbocycles. The second-order valence-corrected chi connectivity index (χ2v) is 10.6. The van der Waals surface area contributed by atoms with Gasteiger partial charge in [-0.3, -0.25) is 9.69 Å². The molecule has 1 amide bonds. The molecular weight excluding hydrogens is 436 g/mol. The maximum absolute atomic E-state index is 12.9. The first-order chi connectivity index (χ1) is 15.7. The van der Waals surface area contributed by atoms with Crippen molar-refractivity contribution in [1.82, 2.24) is 9.80 Å². The number of carbonyl (C=O) groups is 1. The van der Waals surface area contributed by atoms with Crippen LogP contribution in [0.3, 0.4) is 0 Å². The van der Waals surface area contributed by atoms with Gasteiger partial charge in [-0.1, -0.05) is 12.1 Å². The molecule has 1 unspecified atom stereocenters. The standard InChI is InChI=1S/C27H40N2O3.ClH/c1-20(16-23-4-5-26-25(17-23)10-15-32-26)29(18-21-2-3-21)19-22-6-11-28(12-7-22)27(30)24-8-13-31-14-9-24;/h4-5,17,20-22,24H,2-3,6-16,18-19H2,1H3;1H. The fraction of sp³-hybridized carbons (Fsp3) is 0.741. The SMILES string of the molecule is CC(Cc1ccc2c(c1)CCO2)N(CC1CC1)CC1CCN(C(=O)C2CCOCC2)CC1.Cl. The number of piperidine rings is 1. The first kappa shape index (κ1) is 24.8. The fourth-order valence-electron chi connectivity index (χ4n) is 5.77. The third kappa shape index (κ3) is 6.43. The van der Waals surface area contributed by atoms with E-state index in [0.717, 1.165) is 83.1 Å². The molecule has 0 N–H and O–H groups in total. The molecule has 3 heterocycles. The van der Waals surface area contributed by atoms with E-state index in [0.29, 0.717) is 17.9 Å². The van der Waals surface area contributed by atoms with Crippen LogP contribution in [0.4, 0.5) is 0 Å². The lowest BCUT2D eigenvalue weighted by Crippen LogP contribution is -2.46. The Morgan fingerprint density at radius 1 is 1.03 bits per heavy atom. The lowest BCUT2D eigenvalue weighted by atomic mass is 9.92. The zero-order valence-corrected chi connectivity index (χ0v) is 21.0. The molecule has 5 nitrogen and oxygen atoms in total. The summed E-state index contributed by atoms with van der Waals surface area (Å²) in [5.41, 5.74) is 2.82. The Morgan fingerprint density at radius 2 is 1.73 bits per heavy atom. The largest absolute Gasteiger partial charge is 0.493 e. The Morgan fingerprint density at radius 3 is 2.42 bits per heavy atom.